The standard InChI is InChI=1S/C17H26N2O2/c1-13-7-3-2-4-9-15(13)19-17(20)11-12-21-16-10-6-5-8-14(16)18/h5-6,8,10,13,15H,2-4,7,9,11-12,18H2,1H3,(H,19,20). The molecular formula is C17H26N2O2. The Kier molecular flexibility index (Phi) is 5.90. The molecule has 116 valence electrons. The summed E-state index contributed by atoms with van der Waals surface area (Å²) in [7, 11) is 0. The fourth-order valence-electron chi connectivity index (χ4n) is 2.85. The van der Waals surface area contributed by atoms with Crippen LogP contribution in [0.25, 0.3) is 0 Å². The summed E-state index contributed by atoms with van der Waals surface area (Å²) < 4.78 is 5.56. The number of benzene rings is 1. The first-order valence-electron chi connectivity index (χ1n) is 7.93. The lowest BCUT2D eigenvalue weighted by molar-refractivity contribution is -0.122. The van der Waals surface area contributed by atoms with Gasteiger partial charge in [-0.1, -0.05) is 38.3 Å². The first-order valence-corrected chi connectivity index (χ1v) is 7.93. The van der Waals surface area contributed by atoms with Crippen LogP contribution in [0.15, 0.2) is 24.3 Å². The number of rotatable bonds is 5. The number of anilines is 1. The molecular weight excluding hydrogens is 264 g/mol. The Morgan fingerprint density at radius 3 is 2.86 bits per heavy atom. The van der Waals surface area contributed by atoms with Gasteiger partial charge in [0, 0.05) is 6.04 Å². The smallest absolute Gasteiger partial charge is 0.223 e. The van der Waals surface area contributed by atoms with Gasteiger partial charge in [0.15, 0.2) is 0 Å². The average molecular weight is 290 g/mol. The predicted molar refractivity (Wildman–Crippen MR) is 85.1 cm³/mol. The summed E-state index contributed by atoms with van der Waals surface area (Å²) >= 11 is 0. The van der Waals surface area contributed by atoms with E-state index in [1.165, 1.54) is 25.7 Å². The van der Waals surface area contributed by atoms with Crippen molar-refractivity contribution >= 4 is 11.6 Å². The van der Waals surface area contributed by atoms with E-state index in [0.717, 1.165) is 6.42 Å². The van der Waals surface area contributed by atoms with Crippen LogP contribution in [0.4, 0.5) is 5.69 Å². The van der Waals surface area contributed by atoms with Gasteiger partial charge < -0.3 is 15.8 Å². The highest BCUT2D eigenvalue weighted by molar-refractivity contribution is 5.76. The number of carbonyl (C=O) groups excluding carboxylic acids is 1. The molecule has 1 fully saturated rings. The molecule has 2 unspecified atom stereocenters. The van der Waals surface area contributed by atoms with Crippen LogP contribution in [0.1, 0.15) is 45.4 Å². The molecule has 4 heteroatoms. The molecule has 2 rings (SSSR count). The number of hydrogen-bond acceptors (Lipinski definition) is 3. The molecule has 0 aromatic heterocycles. The first-order chi connectivity index (χ1) is 10.2. The third-order valence-electron chi connectivity index (χ3n) is 4.21. The quantitative estimate of drug-likeness (QED) is 0.647. The van der Waals surface area contributed by atoms with E-state index in [2.05, 4.69) is 12.2 Å². The van der Waals surface area contributed by atoms with Crippen LogP contribution in [0, 0.1) is 5.92 Å². The van der Waals surface area contributed by atoms with Crippen molar-refractivity contribution in [2.45, 2.75) is 51.5 Å². The molecule has 1 saturated carbocycles. The van der Waals surface area contributed by atoms with Crippen LogP contribution in [-0.4, -0.2) is 18.6 Å². The summed E-state index contributed by atoms with van der Waals surface area (Å²) in [5.41, 5.74) is 6.40. The van der Waals surface area contributed by atoms with Crippen molar-refractivity contribution < 1.29 is 9.53 Å². The van der Waals surface area contributed by atoms with Gasteiger partial charge in [-0.15, -0.1) is 0 Å². The summed E-state index contributed by atoms with van der Waals surface area (Å²) in [5.74, 6) is 1.29. The summed E-state index contributed by atoms with van der Waals surface area (Å²) in [6, 6.07) is 7.67. The van der Waals surface area contributed by atoms with Gasteiger partial charge in [-0.2, -0.15) is 0 Å². The zero-order valence-electron chi connectivity index (χ0n) is 12.8. The molecule has 0 radical (unpaired) electrons. The second-order valence-corrected chi connectivity index (χ2v) is 5.93. The van der Waals surface area contributed by atoms with E-state index in [4.69, 9.17) is 10.5 Å². The topological polar surface area (TPSA) is 64.3 Å². The SMILES string of the molecule is CC1CCCCCC1NC(=O)CCOc1ccccc1N. The lowest BCUT2D eigenvalue weighted by Gasteiger charge is -2.22. The number of nitrogen functional groups attached to an aromatic ring is 1. The molecule has 3 N–H and O–H groups in total. The van der Waals surface area contributed by atoms with Crippen molar-refractivity contribution in [3.63, 3.8) is 0 Å². The highest BCUT2D eigenvalue weighted by Gasteiger charge is 2.21. The predicted octanol–water partition coefficient (Wildman–Crippen LogP) is 3.12. The number of amides is 1. The van der Waals surface area contributed by atoms with E-state index in [-0.39, 0.29) is 5.91 Å². The Bertz CT molecular complexity index is 462. The van der Waals surface area contributed by atoms with Crippen LogP contribution in [0.3, 0.4) is 0 Å². The molecule has 0 heterocycles. The van der Waals surface area contributed by atoms with E-state index >= 15 is 0 Å². The van der Waals surface area contributed by atoms with E-state index < -0.39 is 0 Å². The van der Waals surface area contributed by atoms with Crippen LogP contribution < -0.4 is 15.8 Å². The highest BCUT2D eigenvalue weighted by Crippen LogP contribution is 2.23. The molecule has 4 nitrogen and oxygen atoms in total. The van der Waals surface area contributed by atoms with Crippen LogP contribution in [-0.2, 0) is 4.79 Å². The summed E-state index contributed by atoms with van der Waals surface area (Å²) in [4.78, 5) is 12.0. The summed E-state index contributed by atoms with van der Waals surface area (Å²) in [6.45, 7) is 2.60. The van der Waals surface area contributed by atoms with Gasteiger partial charge in [0.1, 0.15) is 5.75 Å². The zero-order chi connectivity index (χ0) is 15.1. The van der Waals surface area contributed by atoms with E-state index in [9.17, 15) is 4.79 Å². The largest absolute Gasteiger partial charge is 0.491 e. The maximum absolute atomic E-state index is 12.0. The van der Waals surface area contributed by atoms with Crippen molar-refractivity contribution in [2.75, 3.05) is 12.3 Å². The summed E-state index contributed by atoms with van der Waals surface area (Å²) in [5, 5.41) is 3.16. The Morgan fingerprint density at radius 1 is 1.29 bits per heavy atom. The summed E-state index contributed by atoms with van der Waals surface area (Å²) in [6.07, 6.45) is 6.46. The van der Waals surface area contributed by atoms with Crippen molar-refractivity contribution in [1.29, 1.82) is 0 Å². The number of nitrogens with one attached hydrogen (secondary N) is 1. The molecule has 1 aromatic carbocycles. The average Bonchev–Trinajstić information content (AvgIpc) is 2.66. The maximum Gasteiger partial charge on any atom is 0.223 e. The zero-order valence-corrected chi connectivity index (χ0v) is 12.8. The van der Waals surface area contributed by atoms with Crippen molar-refractivity contribution in [1.82, 2.24) is 5.32 Å². The fraction of sp³-hybridized carbons (Fsp3) is 0.588. The molecule has 1 aromatic rings. The normalized spacial score (nSPS) is 22.3. The number of ether oxygens (including phenoxy) is 1. The molecule has 1 aliphatic rings. The third kappa shape index (κ3) is 4.96. The van der Waals surface area contributed by atoms with Crippen LogP contribution in [0.2, 0.25) is 0 Å². The van der Waals surface area contributed by atoms with Gasteiger partial charge in [-0.3, -0.25) is 4.79 Å². The Hall–Kier alpha value is -1.71. The lowest BCUT2D eigenvalue weighted by Crippen LogP contribution is -2.39. The van der Waals surface area contributed by atoms with Gasteiger partial charge in [-0.05, 0) is 30.9 Å². The first kappa shape index (κ1) is 15.7. The molecule has 0 aliphatic heterocycles. The molecule has 0 bridgehead atoms. The minimum Gasteiger partial charge on any atom is -0.491 e. The number of carbonyl (C=O) groups is 1. The molecule has 0 saturated heterocycles. The molecule has 21 heavy (non-hydrogen) atoms. The fourth-order valence-corrected chi connectivity index (χ4v) is 2.85. The van der Waals surface area contributed by atoms with Gasteiger partial charge in [-0.25, -0.2) is 0 Å². The second kappa shape index (κ2) is 7.91. The van der Waals surface area contributed by atoms with E-state index in [1.54, 1.807) is 6.07 Å². The minimum absolute atomic E-state index is 0.0725. The number of hydrogen-bond donors (Lipinski definition) is 2. The lowest BCUT2D eigenvalue weighted by atomic mass is 9.97. The monoisotopic (exact) mass is 290 g/mol. The van der Waals surface area contributed by atoms with E-state index in [1.807, 2.05) is 18.2 Å². The minimum atomic E-state index is 0.0725. The van der Waals surface area contributed by atoms with Crippen LogP contribution >= 0.6 is 0 Å². The van der Waals surface area contributed by atoms with Gasteiger partial charge in [0.05, 0.1) is 18.7 Å². The van der Waals surface area contributed by atoms with Gasteiger partial charge >= 0.3 is 0 Å². The number of nitrogens with two attached hydrogens (primary N) is 1. The molecule has 2 atom stereocenters. The van der Waals surface area contributed by atoms with Gasteiger partial charge in [0.25, 0.3) is 0 Å². The van der Waals surface area contributed by atoms with Crippen molar-refractivity contribution in [3.05, 3.63) is 24.3 Å². The molecule has 1 aliphatic carbocycles. The van der Waals surface area contributed by atoms with Gasteiger partial charge in [0.2, 0.25) is 5.91 Å². The molecule has 0 spiro atoms. The third-order valence-corrected chi connectivity index (χ3v) is 4.21. The maximum atomic E-state index is 12.0. The Balaban J connectivity index is 1.73. The molecule has 1 amide bonds. The highest BCUT2D eigenvalue weighted by atomic mass is 16.5. The van der Waals surface area contributed by atoms with E-state index in [0.29, 0.717) is 36.4 Å². The van der Waals surface area contributed by atoms with Crippen molar-refractivity contribution in [2.24, 2.45) is 5.92 Å². The second-order valence-electron chi connectivity index (χ2n) is 5.93. The van der Waals surface area contributed by atoms with Crippen molar-refractivity contribution in [3.8, 4) is 5.75 Å². The Morgan fingerprint density at radius 2 is 2.05 bits per heavy atom. The number of para-hydroxylation sites is 2. The van der Waals surface area contributed by atoms with Crippen LogP contribution in [0.5, 0.6) is 5.75 Å². The Labute approximate surface area is 127 Å².